The molecule has 2 rings (SSSR count). The van der Waals surface area contributed by atoms with Crippen molar-refractivity contribution >= 4 is 10.9 Å². The second-order valence-electron chi connectivity index (χ2n) is 5.75. The lowest BCUT2D eigenvalue weighted by Gasteiger charge is -2.23. The summed E-state index contributed by atoms with van der Waals surface area (Å²) in [6.45, 7) is 6.38. The second-order valence-corrected chi connectivity index (χ2v) is 5.75. The Morgan fingerprint density at radius 1 is 1.21 bits per heavy atom. The largest absolute Gasteiger partial charge is 0.330 e. The van der Waals surface area contributed by atoms with Gasteiger partial charge in [0.05, 0.1) is 0 Å². The predicted octanol–water partition coefficient (Wildman–Crippen LogP) is 3.35. The van der Waals surface area contributed by atoms with E-state index in [4.69, 9.17) is 5.73 Å². The van der Waals surface area contributed by atoms with Crippen molar-refractivity contribution in [1.82, 2.24) is 4.98 Å². The number of aromatic nitrogens is 1. The highest BCUT2D eigenvalue weighted by atomic mass is 19.1. The van der Waals surface area contributed by atoms with Gasteiger partial charge >= 0.3 is 0 Å². The fourth-order valence-electron chi connectivity index (χ4n) is 2.20. The summed E-state index contributed by atoms with van der Waals surface area (Å²) in [6.07, 6.45) is 0.659. The number of nitrogens with two attached hydrogens (primary N) is 1. The van der Waals surface area contributed by atoms with E-state index in [9.17, 15) is 8.78 Å². The molecule has 0 aliphatic carbocycles. The SMILES string of the molecule is Cc1cc(CC(C)(C)CN)c2cc(F)cc(F)c2n1. The van der Waals surface area contributed by atoms with E-state index >= 15 is 0 Å². The fourth-order valence-corrected chi connectivity index (χ4v) is 2.20. The Balaban J connectivity index is 2.66. The van der Waals surface area contributed by atoms with Gasteiger partial charge in [0, 0.05) is 17.1 Å². The van der Waals surface area contributed by atoms with Crippen LogP contribution in [0.25, 0.3) is 10.9 Å². The number of nitrogens with zero attached hydrogens (tertiary/aromatic N) is 1. The summed E-state index contributed by atoms with van der Waals surface area (Å²) in [6, 6.07) is 4.08. The molecule has 0 radical (unpaired) electrons. The van der Waals surface area contributed by atoms with Crippen LogP contribution in [0.4, 0.5) is 8.78 Å². The smallest absolute Gasteiger partial charge is 0.152 e. The van der Waals surface area contributed by atoms with Crippen molar-refractivity contribution in [2.45, 2.75) is 27.2 Å². The average molecular weight is 264 g/mol. The molecule has 0 unspecified atom stereocenters. The van der Waals surface area contributed by atoms with Crippen LogP contribution < -0.4 is 5.73 Å². The van der Waals surface area contributed by atoms with Gasteiger partial charge in [-0.05, 0) is 43.0 Å². The van der Waals surface area contributed by atoms with E-state index in [1.807, 2.05) is 19.9 Å². The molecule has 1 heterocycles. The first-order valence-electron chi connectivity index (χ1n) is 6.28. The molecule has 2 N–H and O–H groups in total. The minimum atomic E-state index is -0.620. The molecule has 1 aromatic carbocycles. The number of fused-ring (bicyclic) bond motifs is 1. The zero-order valence-electron chi connectivity index (χ0n) is 11.4. The Morgan fingerprint density at radius 2 is 1.89 bits per heavy atom. The molecular weight excluding hydrogens is 246 g/mol. The zero-order chi connectivity index (χ0) is 14.2. The molecule has 0 atom stereocenters. The summed E-state index contributed by atoms with van der Waals surface area (Å²) in [5, 5.41) is 0.532. The van der Waals surface area contributed by atoms with Crippen LogP contribution in [0.2, 0.25) is 0 Å². The van der Waals surface area contributed by atoms with Crippen LogP contribution in [0.3, 0.4) is 0 Å². The topological polar surface area (TPSA) is 38.9 Å². The summed E-state index contributed by atoms with van der Waals surface area (Å²) in [5.41, 5.74) is 7.45. The molecule has 0 aliphatic heterocycles. The Bertz CT molecular complexity index is 621. The van der Waals surface area contributed by atoms with E-state index in [1.54, 1.807) is 6.92 Å². The van der Waals surface area contributed by atoms with Crippen LogP contribution in [0, 0.1) is 24.0 Å². The van der Waals surface area contributed by atoms with Gasteiger partial charge in [-0.3, -0.25) is 4.98 Å². The molecule has 0 fully saturated rings. The predicted molar refractivity (Wildman–Crippen MR) is 72.9 cm³/mol. The number of rotatable bonds is 3. The first kappa shape index (κ1) is 13.9. The van der Waals surface area contributed by atoms with Crippen LogP contribution in [0.15, 0.2) is 18.2 Å². The van der Waals surface area contributed by atoms with Crippen LogP contribution in [0.5, 0.6) is 0 Å². The number of aryl methyl sites for hydroxylation is 1. The average Bonchev–Trinajstić information content (AvgIpc) is 2.30. The third kappa shape index (κ3) is 2.89. The van der Waals surface area contributed by atoms with Crippen molar-refractivity contribution < 1.29 is 8.78 Å². The van der Waals surface area contributed by atoms with Gasteiger partial charge in [0.2, 0.25) is 0 Å². The zero-order valence-corrected chi connectivity index (χ0v) is 11.4. The highest BCUT2D eigenvalue weighted by Gasteiger charge is 2.19. The Hall–Kier alpha value is -1.55. The summed E-state index contributed by atoms with van der Waals surface area (Å²) < 4.78 is 27.2. The van der Waals surface area contributed by atoms with Crippen molar-refractivity contribution in [2.75, 3.05) is 6.54 Å². The van der Waals surface area contributed by atoms with Gasteiger partial charge < -0.3 is 5.73 Å². The summed E-state index contributed by atoms with van der Waals surface area (Å²) >= 11 is 0. The molecule has 0 amide bonds. The van der Waals surface area contributed by atoms with Gasteiger partial charge in [-0.25, -0.2) is 8.78 Å². The molecule has 0 saturated carbocycles. The normalized spacial score (nSPS) is 12.1. The maximum absolute atomic E-state index is 13.8. The molecule has 0 bridgehead atoms. The van der Waals surface area contributed by atoms with Gasteiger partial charge in [-0.2, -0.15) is 0 Å². The molecule has 19 heavy (non-hydrogen) atoms. The molecule has 102 valence electrons. The monoisotopic (exact) mass is 264 g/mol. The lowest BCUT2D eigenvalue weighted by molar-refractivity contribution is 0.378. The van der Waals surface area contributed by atoms with E-state index in [0.29, 0.717) is 18.4 Å². The quantitative estimate of drug-likeness (QED) is 0.923. The van der Waals surface area contributed by atoms with Crippen molar-refractivity contribution in [1.29, 1.82) is 0 Å². The van der Waals surface area contributed by atoms with Gasteiger partial charge in [0.25, 0.3) is 0 Å². The number of hydrogen-bond donors (Lipinski definition) is 1. The van der Waals surface area contributed by atoms with E-state index in [0.717, 1.165) is 17.3 Å². The van der Waals surface area contributed by atoms with Gasteiger partial charge in [-0.1, -0.05) is 13.8 Å². The first-order chi connectivity index (χ1) is 8.82. The molecule has 0 spiro atoms. The summed E-state index contributed by atoms with van der Waals surface area (Å²) in [4.78, 5) is 4.16. The Kier molecular flexibility index (Phi) is 3.54. The number of pyridine rings is 1. The number of hydrogen-bond acceptors (Lipinski definition) is 2. The highest BCUT2D eigenvalue weighted by Crippen LogP contribution is 2.28. The van der Waals surface area contributed by atoms with Crippen molar-refractivity contribution in [3.8, 4) is 0 Å². The maximum atomic E-state index is 13.8. The molecule has 2 aromatic rings. The lowest BCUT2D eigenvalue weighted by atomic mass is 9.84. The van der Waals surface area contributed by atoms with Crippen molar-refractivity contribution in [3.05, 3.63) is 41.1 Å². The Labute approximate surface area is 111 Å². The third-order valence-corrected chi connectivity index (χ3v) is 3.27. The van der Waals surface area contributed by atoms with Gasteiger partial charge in [-0.15, -0.1) is 0 Å². The molecule has 0 aliphatic rings. The van der Waals surface area contributed by atoms with Crippen LogP contribution >= 0.6 is 0 Å². The van der Waals surface area contributed by atoms with E-state index < -0.39 is 11.6 Å². The molecule has 4 heteroatoms. The highest BCUT2D eigenvalue weighted by molar-refractivity contribution is 5.83. The summed E-state index contributed by atoms with van der Waals surface area (Å²) in [7, 11) is 0. The second kappa shape index (κ2) is 4.85. The number of halogens is 2. The van der Waals surface area contributed by atoms with Gasteiger partial charge in [0.1, 0.15) is 11.3 Å². The van der Waals surface area contributed by atoms with Crippen LogP contribution in [-0.2, 0) is 6.42 Å². The standard InChI is InChI=1S/C15H18F2N2/c1-9-4-10(7-15(2,3)8-18)12-5-11(16)6-13(17)14(12)19-9/h4-6H,7-8,18H2,1-3H3. The van der Waals surface area contributed by atoms with E-state index in [2.05, 4.69) is 4.98 Å². The molecular formula is C15H18F2N2. The Morgan fingerprint density at radius 3 is 2.53 bits per heavy atom. The van der Waals surface area contributed by atoms with Crippen LogP contribution in [0.1, 0.15) is 25.1 Å². The van der Waals surface area contributed by atoms with E-state index in [1.165, 1.54) is 6.07 Å². The number of benzene rings is 1. The molecule has 1 aromatic heterocycles. The maximum Gasteiger partial charge on any atom is 0.152 e. The van der Waals surface area contributed by atoms with Crippen molar-refractivity contribution in [2.24, 2.45) is 11.1 Å². The summed E-state index contributed by atoms with van der Waals surface area (Å²) in [5.74, 6) is -1.20. The fraction of sp³-hybridized carbons (Fsp3) is 0.400. The first-order valence-corrected chi connectivity index (χ1v) is 6.28. The lowest BCUT2D eigenvalue weighted by Crippen LogP contribution is -2.26. The van der Waals surface area contributed by atoms with E-state index in [-0.39, 0.29) is 10.9 Å². The van der Waals surface area contributed by atoms with Crippen LogP contribution in [-0.4, -0.2) is 11.5 Å². The van der Waals surface area contributed by atoms with Crippen molar-refractivity contribution in [3.63, 3.8) is 0 Å². The molecule has 0 saturated heterocycles. The minimum absolute atomic E-state index is 0.122. The minimum Gasteiger partial charge on any atom is -0.330 e. The molecule has 2 nitrogen and oxygen atoms in total. The third-order valence-electron chi connectivity index (χ3n) is 3.27. The van der Waals surface area contributed by atoms with Gasteiger partial charge in [0.15, 0.2) is 5.82 Å².